The first-order valence-corrected chi connectivity index (χ1v) is 7.58. The molecule has 1 aliphatic rings. The molecule has 0 spiro atoms. The number of nitrogens with one attached hydrogen (secondary N) is 2. The van der Waals surface area contributed by atoms with Gasteiger partial charge < -0.3 is 20.1 Å². The minimum atomic E-state index is -0.448. The van der Waals surface area contributed by atoms with Crippen LogP contribution in [0.3, 0.4) is 0 Å². The Hall–Kier alpha value is -0.810. The second kappa shape index (κ2) is 7.84. The van der Waals surface area contributed by atoms with Crippen LogP contribution in [0.4, 0.5) is 4.79 Å². The smallest absolute Gasteiger partial charge is 0.407 e. The number of amides is 1. The lowest BCUT2D eigenvalue weighted by atomic mass is 9.92. The molecule has 0 aromatic rings. The van der Waals surface area contributed by atoms with Crippen molar-refractivity contribution >= 4 is 6.09 Å². The van der Waals surface area contributed by atoms with E-state index in [1.165, 1.54) is 0 Å². The van der Waals surface area contributed by atoms with E-state index in [1.807, 2.05) is 20.8 Å². The topological polar surface area (TPSA) is 59.6 Å². The van der Waals surface area contributed by atoms with Gasteiger partial charge in [0.25, 0.3) is 0 Å². The molecule has 0 aromatic heterocycles. The zero-order valence-electron chi connectivity index (χ0n) is 13.5. The van der Waals surface area contributed by atoms with Gasteiger partial charge in [-0.15, -0.1) is 0 Å². The largest absolute Gasteiger partial charge is 0.444 e. The third-order valence-electron chi connectivity index (χ3n) is 3.47. The van der Waals surface area contributed by atoms with E-state index in [4.69, 9.17) is 9.47 Å². The third-order valence-corrected chi connectivity index (χ3v) is 3.47. The van der Waals surface area contributed by atoms with Crippen molar-refractivity contribution in [3.8, 4) is 0 Å². The summed E-state index contributed by atoms with van der Waals surface area (Å²) < 4.78 is 10.6. The van der Waals surface area contributed by atoms with Crippen LogP contribution in [-0.2, 0) is 9.47 Å². The fourth-order valence-electron chi connectivity index (χ4n) is 2.41. The van der Waals surface area contributed by atoms with Crippen molar-refractivity contribution in [3.63, 3.8) is 0 Å². The Morgan fingerprint density at radius 1 is 1.30 bits per heavy atom. The summed E-state index contributed by atoms with van der Waals surface area (Å²) in [6.07, 6.45) is 1.87. The van der Waals surface area contributed by atoms with Crippen molar-refractivity contribution in [3.05, 3.63) is 0 Å². The summed E-state index contributed by atoms with van der Waals surface area (Å²) in [6.45, 7) is 12.2. The van der Waals surface area contributed by atoms with E-state index in [-0.39, 0.29) is 12.1 Å². The number of carbonyl (C=O) groups excluding carboxylic acids is 1. The van der Waals surface area contributed by atoms with Crippen molar-refractivity contribution < 1.29 is 14.3 Å². The Morgan fingerprint density at radius 2 is 1.90 bits per heavy atom. The molecule has 1 saturated heterocycles. The van der Waals surface area contributed by atoms with E-state index in [1.54, 1.807) is 0 Å². The van der Waals surface area contributed by atoms with E-state index in [0.717, 1.165) is 26.1 Å². The molecule has 5 nitrogen and oxygen atoms in total. The minimum Gasteiger partial charge on any atom is -0.444 e. The first-order valence-electron chi connectivity index (χ1n) is 7.58. The van der Waals surface area contributed by atoms with Crippen molar-refractivity contribution in [1.82, 2.24) is 10.6 Å². The van der Waals surface area contributed by atoms with Crippen LogP contribution in [0.2, 0.25) is 0 Å². The maximum Gasteiger partial charge on any atom is 0.407 e. The highest BCUT2D eigenvalue weighted by atomic mass is 16.6. The monoisotopic (exact) mass is 286 g/mol. The third kappa shape index (κ3) is 7.10. The van der Waals surface area contributed by atoms with Gasteiger partial charge in [-0.25, -0.2) is 4.79 Å². The molecule has 0 saturated carbocycles. The van der Waals surface area contributed by atoms with E-state index in [9.17, 15) is 4.79 Å². The highest BCUT2D eigenvalue weighted by Gasteiger charge is 2.22. The first-order chi connectivity index (χ1) is 9.28. The lowest BCUT2D eigenvalue weighted by molar-refractivity contribution is 0.0505. The molecule has 0 radical (unpaired) electrons. The van der Waals surface area contributed by atoms with Crippen LogP contribution in [0.15, 0.2) is 0 Å². The SMILES string of the molecule is CC(CNC(=O)OC(C)(C)C)NC(C)C1CCOCC1. The van der Waals surface area contributed by atoms with Gasteiger partial charge in [0.15, 0.2) is 0 Å². The summed E-state index contributed by atoms with van der Waals surface area (Å²) in [7, 11) is 0. The van der Waals surface area contributed by atoms with E-state index >= 15 is 0 Å². The number of ether oxygens (including phenoxy) is 2. The molecule has 1 aliphatic heterocycles. The molecule has 0 bridgehead atoms. The molecule has 2 atom stereocenters. The lowest BCUT2D eigenvalue weighted by Gasteiger charge is -2.31. The zero-order valence-corrected chi connectivity index (χ0v) is 13.5. The molecule has 0 aliphatic carbocycles. The quantitative estimate of drug-likeness (QED) is 0.814. The van der Waals surface area contributed by atoms with Crippen LogP contribution >= 0.6 is 0 Å². The van der Waals surface area contributed by atoms with Crippen LogP contribution in [0.25, 0.3) is 0 Å². The summed E-state index contributed by atoms with van der Waals surface area (Å²) in [4.78, 5) is 11.6. The molecule has 0 aromatic carbocycles. The molecular weight excluding hydrogens is 256 g/mol. The average molecular weight is 286 g/mol. The summed E-state index contributed by atoms with van der Waals surface area (Å²) in [5.74, 6) is 0.660. The van der Waals surface area contributed by atoms with Crippen LogP contribution in [0, 0.1) is 5.92 Å². The second-order valence-electron chi connectivity index (χ2n) is 6.69. The number of hydrogen-bond acceptors (Lipinski definition) is 4. The highest BCUT2D eigenvalue weighted by molar-refractivity contribution is 5.67. The molecule has 5 heteroatoms. The molecule has 118 valence electrons. The summed E-state index contributed by atoms with van der Waals surface area (Å²) in [5.41, 5.74) is -0.448. The second-order valence-corrected chi connectivity index (χ2v) is 6.69. The standard InChI is InChI=1S/C15H30N2O3/c1-11(10-16-14(18)20-15(3,4)5)17-12(2)13-6-8-19-9-7-13/h11-13,17H,6-10H2,1-5H3,(H,16,18). The van der Waals surface area contributed by atoms with Gasteiger partial charge in [-0.3, -0.25) is 0 Å². The molecule has 1 rings (SSSR count). The maximum atomic E-state index is 11.6. The fourth-order valence-corrected chi connectivity index (χ4v) is 2.41. The van der Waals surface area contributed by atoms with Gasteiger partial charge >= 0.3 is 6.09 Å². The Kier molecular flexibility index (Phi) is 6.76. The average Bonchev–Trinajstić information content (AvgIpc) is 2.35. The molecule has 1 amide bonds. The van der Waals surface area contributed by atoms with Gasteiger partial charge in [0.1, 0.15) is 5.60 Å². The molecular formula is C15H30N2O3. The predicted molar refractivity (Wildman–Crippen MR) is 79.8 cm³/mol. The van der Waals surface area contributed by atoms with Crippen LogP contribution < -0.4 is 10.6 Å². The van der Waals surface area contributed by atoms with Crippen molar-refractivity contribution in [1.29, 1.82) is 0 Å². The summed E-state index contributed by atoms with van der Waals surface area (Å²) in [5, 5.41) is 6.34. The van der Waals surface area contributed by atoms with Gasteiger partial charge in [-0.2, -0.15) is 0 Å². The highest BCUT2D eigenvalue weighted by Crippen LogP contribution is 2.18. The van der Waals surface area contributed by atoms with Gasteiger partial charge in [-0.1, -0.05) is 0 Å². The van der Waals surface area contributed by atoms with Gasteiger partial charge in [0.2, 0.25) is 0 Å². The molecule has 2 N–H and O–H groups in total. The Labute approximate surface area is 122 Å². The van der Waals surface area contributed by atoms with E-state index in [0.29, 0.717) is 18.5 Å². The van der Waals surface area contributed by atoms with Crippen molar-refractivity contribution in [2.45, 2.75) is 65.1 Å². The fraction of sp³-hybridized carbons (Fsp3) is 0.933. The molecule has 20 heavy (non-hydrogen) atoms. The number of rotatable bonds is 5. The Bertz CT molecular complexity index is 296. The number of carbonyl (C=O) groups is 1. The normalized spacial score (nSPS) is 20.2. The van der Waals surface area contributed by atoms with Crippen molar-refractivity contribution in [2.24, 2.45) is 5.92 Å². The first kappa shape index (κ1) is 17.2. The Morgan fingerprint density at radius 3 is 2.45 bits per heavy atom. The number of hydrogen-bond donors (Lipinski definition) is 2. The van der Waals surface area contributed by atoms with Gasteiger partial charge in [0, 0.05) is 31.8 Å². The van der Waals surface area contributed by atoms with Crippen LogP contribution in [-0.4, -0.2) is 43.5 Å². The van der Waals surface area contributed by atoms with Gasteiger partial charge in [0.05, 0.1) is 0 Å². The lowest BCUT2D eigenvalue weighted by Crippen LogP contribution is -2.47. The van der Waals surface area contributed by atoms with E-state index in [2.05, 4.69) is 24.5 Å². The molecule has 1 fully saturated rings. The molecule has 1 heterocycles. The maximum absolute atomic E-state index is 11.6. The van der Waals surface area contributed by atoms with Crippen molar-refractivity contribution in [2.75, 3.05) is 19.8 Å². The zero-order chi connectivity index (χ0) is 15.2. The van der Waals surface area contributed by atoms with E-state index < -0.39 is 5.60 Å². The minimum absolute atomic E-state index is 0.223. The molecule has 2 unspecified atom stereocenters. The van der Waals surface area contributed by atoms with Crippen LogP contribution in [0.1, 0.15) is 47.5 Å². The van der Waals surface area contributed by atoms with Gasteiger partial charge in [-0.05, 0) is 53.4 Å². The predicted octanol–water partition coefficient (Wildman–Crippen LogP) is 2.30. The Balaban J connectivity index is 2.22. The summed E-state index contributed by atoms with van der Waals surface area (Å²) >= 11 is 0. The van der Waals surface area contributed by atoms with Crippen LogP contribution in [0.5, 0.6) is 0 Å². The number of alkyl carbamates (subject to hydrolysis) is 1. The summed E-state index contributed by atoms with van der Waals surface area (Å²) in [6, 6.07) is 0.662.